The lowest BCUT2D eigenvalue weighted by Crippen LogP contribution is -2.22. The van der Waals surface area contributed by atoms with Crippen molar-refractivity contribution in [2.75, 3.05) is 0 Å². The number of halogens is 1. The molecule has 0 aromatic carbocycles. The molecule has 2 rings (SSSR count). The van der Waals surface area contributed by atoms with Crippen LogP contribution in [0.15, 0.2) is 35.6 Å². The minimum absolute atomic E-state index is 0.0871. The molecule has 0 bridgehead atoms. The van der Waals surface area contributed by atoms with Crippen molar-refractivity contribution < 1.29 is 0 Å². The van der Waals surface area contributed by atoms with Gasteiger partial charge in [0.2, 0.25) is 0 Å². The highest BCUT2D eigenvalue weighted by molar-refractivity contribution is 14.1. The molecule has 0 saturated carbocycles. The lowest BCUT2D eigenvalue weighted by Gasteiger charge is -2.05. The number of hydrogen-bond acceptors (Lipinski definition) is 4. The molecular weight excluding hydrogens is 331 g/mol. The Morgan fingerprint density at radius 3 is 3.12 bits per heavy atom. The van der Waals surface area contributed by atoms with Gasteiger partial charge in [-0.1, -0.05) is 0 Å². The van der Waals surface area contributed by atoms with Gasteiger partial charge in [-0.3, -0.25) is 9.36 Å². The highest BCUT2D eigenvalue weighted by Gasteiger charge is 2.02. The summed E-state index contributed by atoms with van der Waals surface area (Å²) in [5.74, 6) is 0. The summed E-state index contributed by atoms with van der Waals surface area (Å²) < 4.78 is 2.07. The molecule has 0 aliphatic heterocycles. The van der Waals surface area contributed by atoms with Crippen LogP contribution >= 0.6 is 22.6 Å². The van der Waals surface area contributed by atoms with E-state index in [4.69, 9.17) is 5.26 Å². The van der Waals surface area contributed by atoms with E-state index >= 15 is 0 Å². The second-order valence-electron chi connectivity index (χ2n) is 3.34. The van der Waals surface area contributed by atoms with Gasteiger partial charge in [0.1, 0.15) is 11.8 Å². The quantitative estimate of drug-likeness (QED) is 0.771. The third-order valence-corrected chi connectivity index (χ3v) is 2.89. The van der Waals surface area contributed by atoms with Crippen LogP contribution in [0.5, 0.6) is 0 Å². The number of aromatic nitrogens is 3. The summed E-state index contributed by atoms with van der Waals surface area (Å²) in [6.45, 7) is 0.389. The summed E-state index contributed by atoms with van der Waals surface area (Å²) in [4.78, 5) is 19.6. The van der Waals surface area contributed by atoms with Crippen molar-refractivity contribution in [2.24, 2.45) is 0 Å². The lowest BCUT2D eigenvalue weighted by atomic mass is 10.2. The number of rotatable bonds is 2. The van der Waals surface area contributed by atoms with Gasteiger partial charge >= 0.3 is 0 Å². The van der Waals surface area contributed by atoms with Gasteiger partial charge in [-0.2, -0.15) is 5.26 Å². The van der Waals surface area contributed by atoms with Crippen molar-refractivity contribution >= 4 is 22.6 Å². The SMILES string of the molecule is N#Cc1cc(Cn2cncc(I)c2=O)ccn1. The Bertz CT molecular complexity index is 644. The molecular formula is C11H7IN4O. The molecule has 6 heteroatoms. The minimum atomic E-state index is -0.0871. The van der Waals surface area contributed by atoms with Gasteiger partial charge in [0.15, 0.2) is 0 Å². The van der Waals surface area contributed by atoms with Gasteiger partial charge in [0, 0.05) is 12.4 Å². The Morgan fingerprint density at radius 1 is 1.53 bits per heavy atom. The monoisotopic (exact) mass is 338 g/mol. The maximum Gasteiger partial charge on any atom is 0.267 e. The van der Waals surface area contributed by atoms with E-state index < -0.39 is 0 Å². The maximum absolute atomic E-state index is 11.8. The summed E-state index contributed by atoms with van der Waals surface area (Å²) in [5, 5.41) is 8.73. The molecule has 0 unspecified atom stereocenters. The molecule has 2 aromatic heterocycles. The van der Waals surface area contributed by atoms with Crippen LogP contribution in [0.4, 0.5) is 0 Å². The van der Waals surface area contributed by atoms with E-state index in [0.717, 1.165) is 5.56 Å². The number of pyridine rings is 1. The highest BCUT2D eigenvalue weighted by atomic mass is 127. The van der Waals surface area contributed by atoms with Gasteiger partial charge in [-0.25, -0.2) is 9.97 Å². The summed E-state index contributed by atoms with van der Waals surface area (Å²) in [6.07, 6.45) is 4.56. The molecule has 0 amide bonds. The Kier molecular flexibility index (Phi) is 3.49. The van der Waals surface area contributed by atoms with Crippen molar-refractivity contribution in [2.45, 2.75) is 6.54 Å². The summed E-state index contributed by atoms with van der Waals surface area (Å²) in [7, 11) is 0. The van der Waals surface area contributed by atoms with Crippen LogP contribution in [0.25, 0.3) is 0 Å². The fraction of sp³-hybridized carbons (Fsp3) is 0.0909. The van der Waals surface area contributed by atoms with Crippen molar-refractivity contribution in [3.8, 4) is 6.07 Å². The van der Waals surface area contributed by atoms with Crippen LogP contribution in [0.3, 0.4) is 0 Å². The predicted octanol–water partition coefficient (Wildman–Crippen LogP) is 1.16. The number of nitrogens with zero attached hydrogens (tertiary/aromatic N) is 4. The van der Waals surface area contributed by atoms with Crippen LogP contribution in [0, 0.1) is 14.9 Å². The molecule has 5 nitrogen and oxygen atoms in total. The number of nitriles is 1. The van der Waals surface area contributed by atoms with Gasteiger partial charge < -0.3 is 0 Å². The second kappa shape index (κ2) is 5.05. The molecule has 0 N–H and O–H groups in total. The standard InChI is InChI=1S/C11H7IN4O/c12-10-5-14-7-16(11(10)17)6-8-1-2-15-9(3-8)4-13/h1-3,5,7H,6H2. The van der Waals surface area contributed by atoms with E-state index in [1.165, 1.54) is 17.1 Å². The number of hydrogen-bond donors (Lipinski definition) is 0. The molecule has 0 atom stereocenters. The summed E-state index contributed by atoms with van der Waals surface area (Å²) in [5.41, 5.74) is 1.10. The van der Waals surface area contributed by atoms with Crippen LogP contribution in [0.1, 0.15) is 11.3 Å². The fourth-order valence-corrected chi connectivity index (χ4v) is 1.84. The van der Waals surface area contributed by atoms with E-state index in [9.17, 15) is 4.79 Å². The normalized spacial score (nSPS) is 9.88. The zero-order chi connectivity index (χ0) is 12.3. The van der Waals surface area contributed by atoms with E-state index in [1.807, 2.05) is 28.7 Å². The van der Waals surface area contributed by atoms with Gasteiger partial charge in [0.25, 0.3) is 5.56 Å². The zero-order valence-electron chi connectivity index (χ0n) is 8.67. The highest BCUT2D eigenvalue weighted by Crippen LogP contribution is 2.03. The molecule has 0 radical (unpaired) electrons. The predicted molar refractivity (Wildman–Crippen MR) is 69.3 cm³/mol. The second-order valence-corrected chi connectivity index (χ2v) is 4.50. The molecule has 0 aliphatic carbocycles. The fourth-order valence-electron chi connectivity index (χ4n) is 1.37. The van der Waals surface area contributed by atoms with Crippen molar-refractivity contribution in [3.05, 3.63) is 56.0 Å². The van der Waals surface area contributed by atoms with E-state index in [1.54, 1.807) is 18.3 Å². The third kappa shape index (κ3) is 2.68. The molecule has 2 heterocycles. The average Bonchev–Trinajstić information content (AvgIpc) is 2.35. The summed E-state index contributed by atoms with van der Waals surface area (Å²) >= 11 is 1.95. The van der Waals surface area contributed by atoms with Crippen LogP contribution in [-0.2, 0) is 6.54 Å². The molecule has 2 aromatic rings. The van der Waals surface area contributed by atoms with Gasteiger partial charge in [-0.15, -0.1) is 0 Å². The van der Waals surface area contributed by atoms with Crippen LogP contribution in [-0.4, -0.2) is 14.5 Å². The molecule has 84 valence electrons. The van der Waals surface area contributed by atoms with E-state index in [0.29, 0.717) is 15.8 Å². The zero-order valence-corrected chi connectivity index (χ0v) is 10.8. The Hall–Kier alpha value is -1.75. The molecule has 0 fully saturated rings. The molecule has 0 saturated heterocycles. The first-order chi connectivity index (χ1) is 8.20. The van der Waals surface area contributed by atoms with Crippen LogP contribution in [0.2, 0.25) is 0 Å². The third-order valence-electron chi connectivity index (χ3n) is 2.15. The first-order valence-corrected chi connectivity index (χ1v) is 5.83. The van der Waals surface area contributed by atoms with E-state index in [-0.39, 0.29) is 5.56 Å². The minimum Gasteiger partial charge on any atom is -0.294 e. The topological polar surface area (TPSA) is 71.6 Å². The maximum atomic E-state index is 11.8. The largest absolute Gasteiger partial charge is 0.294 e. The molecule has 17 heavy (non-hydrogen) atoms. The molecule has 0 spiro atoms. The Morgan fingerprint density at radius 2 is 2.35 bits per heavy atom. The average molecular weight is 338 g/mol. The van der Waals surface area contributed by atoms with E-state index in [2.05, 4.69) is 9.97 Å². The van der Waals surface area contributed by atoms with Crippen molar-refractivity contribution in [3.63, 3.8) is 0 Å². The van der Waals surface area contributed by atoms with Crippen molar-refractivity contribution in [1.82, 2.24) is 14.5 Å². The molecule has 0 aliphatic rings. The Labute approximate surface area is 111 Å². The summed E-state index contributed by atoms with van der Waals surface area (Å²) in [6, 6.07) is 5.39. The first kappa shape index (κ1) is 11.7. The first-order valence-electron chi connectivity index (χ1n) is 4.75. The van der Waals surface area contributed by atoms with Crippen LogP contribution < -0.4 is 5.56 Å². The smallest absolute Gasteiger partial charge is 0.267 e. The Balaban J connectivity index is 2.35. The van der Waals surface area contributed by atoms with Gasteiger partial charge in [-0.05, 0) is 40.3 Å². The van der Waals surface area contributed by atoms with Crippen molar-refractivity contribution in [1.29, 1.82) is 5.26 Å². The lowest BCUT2D eigenvalue weighted by molar-refractivity contribution is 0.729. The van der Waals surface area contributed by atoms with Gasteiger partial charge in [0.05, 0.1) is 16.4 Å².